The van der Waals surface area contributed by atoms with Crippen LogP contribution in [0.3, 0.4) is 0 Å². The van der Waals surface area contributed by atoms with Crippen LogP contribution in [0.1, 0.15) is 55.4 Å². The molecule has 41 heavy (non-hydrogen) atoms. The van der Waals surface area contributed by atoms with Crippen LogP contribution >= 0.6 is 0 Å². The van der Waals surface area contributed by atoms with Crippen molar-refractivity contribution in [3.8, 4) is 16.8 Å². The zero-order chi connectivity index (χ0) is 28.6. The number of nitrogens with zero attached hydrogens (tertiary/aromatic N) is 4. The minimum absolute atomic E-state index is 0.0149. The fourth-order valence-corrected chi connectivity index (χ4v) is 5.78. The lowest BCUT2D eigenvalue weighted by Gasteiger charge is -2.34. The lowest BCUT2D eigenvalue weighted by atomic mass is 9.87. The summed E-state index contributed by atoms with van der Waals surface area (Å²) in [5, 5.41) is 14.4. The lowest BCUT2D eigenvalue weighted by Crippen LogP contribution is -2.50. The van der Waals surface area contributed by atoms with Crippen molar-refractivity contribution in [2.75, 3.05) is 6.54 Å². The number of amides is 3. The average Bonchev–Trinajstić information content (AvgIpc) is 3.59. The van der Waals surface area contributed by atoms with Crippen molar-refractivity contribution in [2.45, 2.75) is 58.2 Å². The molecule has 2 atom stereocenters. The van der Waals surface area contributed by atoms with Crippen molar-refractivity contribution >= 4 is 11.9 Å². The summed E-state index contributed by atoms with van der Waals surface area (Å²) < 4.78 is 1.75. The number of urea groups is 1. The number of aromatic nitrogens is 3. The maximum Gasteiger partial charge on any atom is 0.318 e. The quantitative estimate of drug-likeness (QED) is 0.346. The van der Waals surface area contributed by atoms with Gasteiger partial charge in [0.2, 0.25) is 5.91 Å². The molecule has 0 spiro atoms. The largest absolute Gasteiger partial charge is 0.352 e. The highest BCUT2D eigenvalue weighted by molar-refractivity contribution is 5.83. The van der Waals surface area contributed by atoms with E-state index in [0.717, 1.165) is 40.8 Å². The van der Waals surface area contributed by atoms with Gasteiger partial charge in [0.25, 0.3) is 0 Å². The van der Waals surface area contributed by atoms with E-state index in [1.54, 1.807) is 10.9 Å². The summed E-state index contributed by atoms with van der Waals surface area (Å²) in [6.45, 7) is 7.53. The van der Waals surface area contributed by atoms with Gasteiger partial charge >= 0.3 is 6.03 Å². The average molecular weight is 549 g/mol. The second-order valence-electron chi connectivity index (χ2n) is 12.1. The third-order valence-corrected chi connectivity index (χ3v) is 7.93. The Morgan fingerprint density at radius 1 is 1.00 bits per heavy atom. The molecule has 1 aromatic heterocycles. The summed E-state index contributed by atoms with van der Waals surface area (Å²) in [6, 6.07) is 22.7. The monoisotopic (exact) mass is 548 g/mol. The van der Waals surface area contributed by atoms with Gasteiger partial charge in [0, 0.05) is 31.1 Å². The lowest BCUT2D eigenvalue weighted by molar-refractivity contribution is -0.122. The van der Waals surface area contributed by atoms with Gasteiger partial charge in [-0.25, -0.2) is 9.48 Å². The summed E-state index contributed by atoms with van der Waals surface area (Å²) in [6.07, 6.45) is 5.11. The number of nitrogens with one attached hydrogen (secondary N) is 2. The molecule has 0 radical (unpaired) electrons. The van der Waals surface area contributed by atoms with E-state index in [4.69, 9.17) is 0 Å². The van der Waals surface area contributed by atoms with Crippen LogP contribution < -0.4 is 10.6 Å². The maximum atomic E-state index is 13.1. The molecule has 1 aliphatic carbocycles. The molecule has 210 valence electrons. The minimum atomic E-state index is -0.322. The van der Waals surface area contributed by atoms with Gasteiger partial charge in [-0.3, -0.25) is 4.79 Å². The van der Waals surface area contributed by atoms with Gasteiger partial charge in [0.1, 0.15) is 0 Å². The Bertz CT molecular complexity index is 1560. The van der Waals surface area contributed by atoms with Crippen molar-refractivity contribution in [2.24, 2.45) is 5.92 Å². The second kappa shape index (κ2) is 10.8. The van der Waals surface area contributed by atoms with Gasteiger partial charge in [-0.15, -0.1) is 5.10 Å². The molecule has 0 saturated heterocycles. The van der Waals surface area contributed by atoms with Gasteiger partial charge < -0.3 is 15.5 Å². The van der Waals surface area contributed by atoms with Crippen molar-refractivity contribution in [1.29, 1.82) is 0 Å². The molecular formula is C33H36N6O2. The van der Waals surface area contributed by atoms with E-state index in [-0.39, 0.29) is 23.4 Å². The fourth-order valence-electron chi connectivity index (χ4n) is 5.78. The van der Waals surface area contributed by atoms with Crippen LogP contribution in [-0.2, 0) is 24.3 Å². The molecule has 3 amide bonds. The Hall–Kier alpha value is -4.46. The van der Waals surface area contributed by atoms with E-state index in [9.17, 15) is 9.59 Å². The number of fused-ring (bicyclic) bond motifs is 1. The molecule has 1 fully saturated rings. The molecule has 2 N–H and O–H groups in total. The van der Waals surface area contributed by atoms with Crippen LogP contribution in [0.2, 0.25) is 0 Å². The van der Waals surface area contributed by atoms with Crippen molar-refractivity contribution < 1.29 is 9.59 Å². The molecule has 3 aromatic carbocycles. The van der Waals surface area contributed by atoms with Crippen molar-refractivity contribution in [3.05, 3.63) is 101 Å². The molecule has 1 aliphatic heterocycles. The third-order valence-electron chi connectivity index (χ3n) is 7.93. The molecule has 2 heterocycles. The topological polar surface area (TPSA) is 92.2 Å². The first-order valence-electron chi connectivity index (χ1n) is 14.3. The predicted molar refractivity (Wildman–Crippen MR) is 158 cm³/mol. The number of hydrogen-bond acceptors (Lipinski definition) is 4. The fraction of sp³-hybridized carbons (Fsp3) is 0.333. The standard InChI is InChI=1S/C33H36N6O2/c1-33(2,3)36-32(41)38-16-14-27-26(23-10-7-11-25(18-23)39-17-15-35-37-39)13-12-24(30(27)21-38)20-34-31(40)29-19-28(29)22-8-5-4-6-9-22/h4-13,15,17-18,28-29H,14,16,19-21H2,1-3H3,(H,34,40)(H,36,41). The van der Waals surface area contributed by atoms with Crippen molar-refractivity contribution in [1.82, 2.24) is 30.5 Å². The number of rotatable bonds is 6. The summed E-state index contributed by atoms with van der Waals surface area (Å²) in [5.41, 5.74) is 7.44. The Balaban J connectivity index is 1.27. The predicted octanol–water partition coefficient (Wildman–Crippen LogP) is 5.22. The van der Waals surface area contributed by atoms with Gasteiger partial charge in [0.15, 0.2) is 0 Å². The van der Waals surface area contributed by atoms with Gasteiger partial charge in [0.05, 0.1) is 18.1 Å². The summed E-state index contributed by atoms with van der Waals surface area (Å²) in [5.74, 6) is 0.401. The van der Waals surface area contributed by atoms with Gasteiger partial charge in [-0.2, -0.15) is 0 Å². The second-order valence-corrected chi connectivity index (χ2v) is 12.1. The SMILES string of the molecule is CC(C)(C)NC(=O)N1CCc2c(-c3cccc(-n4ccnn4)c3)ccc(CNC(=O)C3CC3c3ccccc3)c2C1. The Kier molecular flexibility index (Phi) is 7.07. The first-order chi connectivity index (χ1) is 19.8. The van der Waals surface area contributed by atoms with E-state index >= 15 is 0 Å². The van der Waals surface area contributed by atoms with E-state index in [2.05, 4.69) is 57.3 Å². The molecule has 0 bridgehead atoms. The van der Waals surface area contributed by atoms with Crippen LogP contribution in [0.4, 0.5) is 4.79 Å². The zero-order valence-corrected chi connectivity index (χ0v) is 23.8. The molecule has 2 unspecified atom stereocenters. The molecule has 1 saturated carbocycles. The maximum absolute atomic E-state index is 13.1. The first-order valence-corrected chi connectivity index (χ1v) is 14.3. The first kappa shape index (κ1) is 26.7. The summed E-state index contributed by atoms with van der Waals surface area (Å²) >= 11 is 0. The summed E-state index contributed by atoms with van der Waals surface area (Å²) in [7, 11) is 0. The Morgan fingerprint density at radius 2 is 1.83 bits per heavy atom. The van der Waals surface area contributed by atoms with E-state index in [0.29, 0.717) is 25.6 Å². The molecule has 8 heteroatoms. The highest BCUT2D eigenvalue weighted by Crippen LogP contribution is 2.47. The summed E-state index contributed by atoms with van der Waals surface area (Å²) in [4.78, 5) is 28.1. The number of hydrogen-bond donors (Lipinski definition) is 2. The molecule has 6 rings (SSSR count). The van der Waals surface area contributed by atoms with Crippen LogP contribution in [0.5, 0.6) is 0 Å². The van der Waals surface area contributed by atoms with E-state index in [1.807, 2.05) is 62.2 Å². The van der Waals surface area contributed by atoms with Gasteiger partial charge in [-0.05, 0) is 85.0 Å². The van der Waals surface area contributed by atoms with Crippen LogP contribution in [0, 0.1) is 5.92 Å². The zero-order valence-electron chi connectivity index (χ0n) is 23.8. The van der Waals surface area contributed by atoms with E-state index in [1.165, 1.54) is 11.1 Å². The third kappa shape index (κ3) is 5.87. The van der Waals surface area contributed by atoms with Crippen LogP contribution in [0.15, 0.2) is 79.1 Å². The number of carbonyl (C=O) groups excluding carboxylic acids is 2. The van der Waals surface area contributed by atoms with Crippen LogP contribution in [-0.4, -0.2) is 43.9 Å². The molecular weight excluding hydrogens is 512 g/mol. The molecule has 4 aromatic rings. The van der Waals surface area contributed by atoms with Crippen molar-refractivity contribution in [3.63, 3.8) is 0 Å². The highest BCUT2D eigenvalue weighted by atomic mass is 16.2. The van der Waals surface area contributed by atoms with Crippen LogP contribution in [0.25, 0.3) is 16.8 Å². The number of benzene rings is 3. The van der Waals surface area contributed by atoms with E-state index < -0.39 is 0 Å². The Labute approximate surface area is 240 Å². The molecule has 8 nitrogen and oxygen atoms in total. The van der Waals surface area contributed by atoms with Gasteiger partial charge in [-0.1, -0.05) is 59.8 Å². The highest BCUT2D eigenvalue weighted by Gasteiger charge is 2.43. The smallest absolute Gasteiger partial charge is 0.318 e. The minimum Gasteiger partial charge on any atom is -0.352 e. The molecule has 2 aliphatic rings. The normalized spacial score (nSPS) is 18.0. The Morgan fingerprint density at radius 3 is 2.59 bits per heavy atom. The number of carbonyl (C=O) groups is 2.